The van der Waals surface area contributed by atoms with Crippen LogP contribution in [-0.2, 0) is 17.6 Å². The van der Waals surface area contributed by atoms with Crippen LogP contribution in [0.5, 0.6) is 0 Å². The molecule has 0 unspecified atom stereocenters. The van der Waals surface area contributed by atoms with Crippen LogP contribution in [-0.4, -0.2) is 59.3 Å². The summed E-state index contributed by atoms with van der Waals surface area (Å²) in [5.41, 5.74) is 2.21. The van der Waals surface area contributed by atoms with Crippen molar-refractivity contribution < 1.29 is 23.5 Å². The largest absolute Gasteiger partial charge is 0.480 e. The van der Waals surface area contributed by atoms with Crippen LogP contribution in [0.2, 0.25) is 5.02 Å². The maximum atomic E-state index is 13.6. The second-order valence-corrected chi connectivity index (χ2v) is 9.37. The molecule has 0 aliphatic carbocycles. The Kier molecular flexibility index (Phi) is 10.9. The Bertz CT molecular complexity index is 1040. The number of pyridine rings is 1. The molecule has 3 rings (SSSR count). The average molecular weight is 523 g/mol. The zero-order valence-electron chi connectivity index (χ0n) is 20.2. The minimum Gasteiger partial charge on any atom is -0.480 e. The lowest BCUT2D eigenvalue weighted by atomic mass is 10.1. The fraction of sp³-hybridized carbons (Fsp3) is 0.500. The molecule has 0 spiro atoms. The number of carbonyl (C=O) groups excluding carboxylic acids is 1. The van der Waals surface area contributed by atoms with Crippen molar-refractivity contribution in [1.29, 1.82) is 0 Å². The number of aromatic nitrogens is 1. The molecule has 1 aliphatic rings. The lowest BCUT2D eigenvalue weighted by Crippen LogP contribution is -2.43. The van der Waals surface area contributed by atoms with Gasteiger partial charge in [-0.2, -0.15) is 0 Å². The number of halogens is 3. The Morgan fingerprint density at radius 1 is 1.17 bits per heavy atom. The molecular weight excluding hydrogens is 490 g/mol. The van der Waals surface area contributed by atoms with E-state index in [1.165, 1.54) is 22.6 Å². The van der Waals surface area contributed by atoms with Crippen LogP contribution in [0.4, 0.5) is 14.6 Å². The van der Waals surface area contributed by atoms with Crippen molar-refractivity contribution in [3.63, 3.8) is 0 Å². The van der Waals surface area contributed by atoms with Crippen molar-refractivity contribution in [3.8, 4) is 0 Å². The molecule has 0 fully saturated rings. The fourth-order valence-electron chi connectivity index (χ4n) is 4.22. The number of hydrogen-bond acceptors (Lipinski definition) is 5. The van der Waals surface area contributed by atoms with E-state index in [4.69, 9.17) is 16.6 Å². The van der Waals surface area contributed by atoms with Gasteiger partial charge in [-0.25, -0.2) is 18.6 Å². The van der Waals surface area contributed by atoms with Gasteiger partial charge in [-0.3, -0.25) is 9.69 Å². The highest BCUT2D eigenvalue weighted by molar-refractivity contribution is 6.34. The summed E-state index contributed by atoms with van der Waals surface area (Å²) >= 11 is 5.81. The molecule has 3 N–H and O–H groups in total. The van der Waals surface area contributed by atoms with Crippen LogP contribution in [0.3, 0.4) is 0 Å². The van der Waals surface area contributed by atoms with Crippen molar-refractivity contribution in [2.45, 2.75) is 57.4 Å². The number of aryl methyl sites for hydroxylation is 2. The number of anilines is 1. The van der Waals surface area contributed by atoms with Gasteiger partial charge in [-0.1, -0.05) is 36.6 Å². The lowest BCUT2D eigenvalue weighted by molar-refractivity contribution is -0.139. The number of alkyl halides is 1. The van der Waals surface area contributed by atoms with Crippen molar-refractivity contribution >= 4 is 29.3 Å². The normalized spacial score (nSPS) is 13.7. The molecule has 2 aromatic rings. The van der Waals surface area contributed by atoms with Crippen molar-refractivity contribution in [2.24, 2.45) is 0 Å². The van der Waals surface area contributed by atoms with Crippen LogP contribution in [0.25, 0.3) is 0 Å². The predicted molar refractivity (Wildman–Crippen MR) is 136 cm³/mol. The van der Waals surface area contributed by atoms with E-state index in [1.54, 1.807) is 0 Å². The van der Waals surface area contributed by atoms with E-state index in [0.717, 1.165) is 69.1 Å². The monoisotopic (exact) mass is 522 g/mol. The maximum absolute atomic E-state index is 13.6. The molecule has 0 saturated heterocycles. The Morgan fingerprint density at radius 2 is 1.97 bits per heavy atom. The number of carboxylic acids is 1. The zero-order chi connectivity index (χ0) is 25.9. The van der Waals surface area contributed by atoms with Crippen molar-refractivity contribution in [2.75, 3.05) is 31.7 Å². The Balaban J connectivity index is 1.36. The molecule has 0 radical (unpaired) electrons. The van der Waals surface area contributed by atoms with Gasteiger partial charge in [0.1, 0.15) is 24.5 Å². The number of amides is 1. The van der Waals surface area contributed by atoms with E-state index in [9.17, 15) is 23.5 Å². The molecule has 0 bridgehead atoms. The molecule has 196 valence electrons. The number of unbranched alkanes of at least 4 members (excludes halogenated alkanes) is 3. The van der Waals surface area contributed by atoms with Gasteiger partial charge < -0.3 is 15.7 Å². The second-order valence-electron chi connectivity index (χ2n) is 9.00. The van der Waals surface area contributed by atoms with Crippen LogP contribution >= 0.6 is 11.6 Å². The molecule has 1 amide bonds. The van der Waals surface area contributed by atoms with Gasteiger partial charge in [-0.05, 0) is 62.3 Å². The first-order valence-electron chi connectivity index (χ1n) is 12.4. The van der Waals surface area contributed by atoms with Crippen molar-refractivity contribution in [1.82, 2.24) is 15.2 Å². The summed E-state index contributed by atoms with van der Waals surface area (Å²) in [5.74, 6) is -1.80. The fourth-order valence-corrected chi connectivity index (χ4v) is 4.43. The minimum atomic E-state index is -1.25. The van der Waals surface area contributed by atoms with Gasteiger partial charge in [0.2, 0.25) is 0 Å². The molecule has 10 heteroatoms. The standard InChI is InChI=1S/C26H33ClF2N4O3/c27-23-20(9-5-10-21(23)29)25(34)32-22(26(35)36)13-16-33(17-28)15-4-2-1-3-8-19-12-11-18-7-6-14-30-24(18)31-19/h5,9-12,22H,1-4,6-8,13-17H2,(H,30,31)(H,32,34)(H,35,36)/t22-/m0/s1. The van der Waals surface area contributed by atoms with Crippen molar-refractivity contribution in [3.05, 3.63) is 58.0 Å². The molecule has 1 atom stereocenters. The summed E-state index contributed by atoms with van der Waals surface area (Å²) in [6.07, 6.45) is 6.82. The topological polar surface area (TPSA) is 94.6 Å². The van der Waals surface area contributed by atoms with Crippen LogP contribution in [0, 0.1) is 5.82 Å². The molecular formula is C26H33ClF2N4O3. The molecule has 7 nitrogen and oxygen atoms in total. The molecule has 1 aliphatic heterocycles. The Labute approximate surface area is 215 Å². The smallest absolute Gasteiger partial charge is 0.326 e. The number of nitrogens with one attached hydrogen (secondary N) is 2. The number of nitrogens with zero attached hydrogens (tertiary/aromatic N) is 2. The number of benzene rings is 1. The van der Waals surface area contributed by atoms with E-state index in [2.05, 4.69) is 22.8 Å². The minimum absolute atomic E-state index is 0.00988. The van der Waals surface area contributed by atoms with E-state index < -0.39 is 30.5 Å². The molecule has 2 heterocycles. The van der Waals surface area contributed by atoms with Crippen LogP contribution in [0.15, 0.2) is 30.3 Å². The van der Waals surface area contributed by atoms with Gasteiger partial charge in [0.15, 0.2) is 0 Å². The number of hydrogen-bond donors (Lipinski definition) is 3. The zero-order valence-corrected chi connectivity index (χ0v) is 21.0. The third-order valence-corrected chi connectivity index (χ3v) is 6.70. The van der Waals surface area contributed by atoms with Gasteiger partial charge in [0, 0.05) is 25.3 Å². The summed E-state index contributed by atoms with van der Waals surface area (Å²) in [6, 6.07) is 6.74. The first-order chi connectivity index (χ1) is 17.4. The SMILES string of the molecule is O=C(N[C@@H](CCN(CF)CCCCCCc1ccc2c(n1)NCCC2)C(=O)O)c1cccc(F)c1Cl. The number of fused-ring (bicyclic) bond motifs is 1. The molecule has 36 heavy (non-hydrogen) atoms. The first kappa shape index (κ1) is 27.8. The van der Waals surface area contributed by atoms with E-state index >= 15 is 0 Å². The highest BCUT2D eigenvalue weighted by Crippen LogP contribution is 2.21. The van der Waals surface area contributed by atoms with Crippen LogP contribution < -0.4 is 10.6 Å². The van der Waals surface area contributed by atoms with E-state index in [0.29, 0.717) is 6.54 Å². The van der Waals surface area contributed by atoms with E-state index in [-0.39, 0.29) is 23.6 Å². The summed E-state index contributed by atoms with van der Waals surface area (Å²) in [5, 5.41) is 14.8. The third-order valence-electron chi connectivity index (χ3n) is 6.31. The predicted octanol–water partition coefficient (Wildman–Crippen LogP) is 4.84. The van der Waals surface area contributed by atoms with Gasteiger partial charge in [-0.15, -0.1) is 0 Å². The molecule has 1 aromatic carbocycles. The van der Waals surface area contributed by atoms with Gasteiger partial charge in [0.05, 0.1) is 10.6 Å². The number of carbonyl (C=O) groups is 2. The Morgan fingerprint density at radius 3 is 2.75 bits per heavy atom. The summed E-state index contributed by atoms with van der Waals surface area (Å²) in [6.45, 7) is 0.918. The van der Waals surface area contributed by atoms with Gasteiger partial charge in [0.25, 0.3) is 5.91 Å². The highest BCUT2D eigenvalue weighted by atomic mass is 35.5. The third kappa shape index (κ3) is 8.13. The number of rotatable bonds is 14. The summed E-state index contributed by atoms with van der Waals surface area (Å²) in [7, 11) is 0. The average Bonchev–Trinajstić information content (AvgIpc) is 2.88. The van der Waals surface area contributed by atoms with E-state index in [1.807, 2.05) is 0 Å². The first-order valence-corrected chi connectivity index (χ1v) is 12.8. The second kappa shape index (κ2) is 14.1. The molecule has 1 aromatic heterocycles. The Hall–Kier alpha value is -2.78. The summed E-state index contributed by atoms with van der Waals surface area (Å²) < 4.78 is 27.1. The number of aliphatic carboxylic acids is 1. The lowest BCUT2D eigenvalue weighted by Gasteiger charge is -2.21. The van der Waals surface area contributed by atoms with Crippen LogP contribution in [0.1, 0.15) is 60.1 Å². The van der Waals surface area contributed by atoms with Gasteiger partial charge >= 0.3 is 5.97 Å². The highest BCUT2D eigenvalue weighted by Gasteiger charge is 2.23. The molecule has 0 saturated carbocycles. The maximum Gasteiger partial charge on any atom is 0.326 e. The number of carboxylic acid groups (broad SMARTS) is 1. The quantitative estimate of drug-likeness (QED) is 0.243. The summed E-state index contributed by atoms with van der Waals surface area (Å²) in [4.78, 5) is 30.2.